The van der Waals surface area contributed by atoms with Crippen LogP contribution < -0.4 is 5.32 Å². The van der Waals surface area contributed by atoms with Crippen LogP contribution in [0.4, 0.5) is 4.39 Å². The zero-order valence-corrected chi connectivity index (χ0v) is 16.3. The number of halogens is 2. The highest BCUT2D eigenvalue weighted by molar-refractivity contribution is 9.10. The molecule has 3 aromatic rings. The van der Waals surface area contributed by atoms with E-state index >= 15 is 0 Å². The average molecular weight is 435 g/mol. The molecule has 0 saturated heterocycles. The Bertz CT molecular complexity index is 897. The fourth-order valence-electron chi connectivity index (χ4n) is 2.22. The minimum absolute atomic E-state index is 0.249. The van der Waals surface area contributed by atoms with Crippen LogP contribution in [0.5, 0.6) is 0 Å². The molecule has 1 amide bonds. The van der Waals surface area contributed by atoms with Crippen molar-refractivity contribution in [2.75, 3.05) is 0 Å². The van der Waals surface area contributed by atoms with Crippen molar-refractivity contribution in [3.63, 3.8) is 0 Å². The zero-order valence-electron chi connectivity index (χ0n) is 13.9. The predicted octanol–water partition coefficient (Wildman–Crippen LogP) is 3.94. The van der Waals surface area contributed by atoms with Crippen LogP contribution in [0.25, 0.3) is 0 Å². The smallest absolute Gasteiger partial charge is 0.251 e. The Hall–Kier alpha value is -2.19. The second kappa shape index (κ2) is 8.46. The van der Waals surface area contributed by atoms with Gasteiger partial charge in [0, 0.05) is 22.8 Å². The fourth-order valence-corrected chi connectivity index (χ4v) is 3.37. The van der Waals surface area contributed by atoms with Crippen LogP contribution in [0.2, 0.25) is 0 Å². The first kappa shape index (κ1) is 18.6. The van der Waals surface area contributed by atoms with E-state index in [9.17, 15) is 9.18 Å². The lowest BCUT2D eigenvalue weighted by atomic mass is 10.2. The molecule has 1 aromatic heterocycles. The highest BCUT2D eigenvalue weighted by atomic mass is 79.9. The molecule has 26 heavy (non-hydrogen) atoms. The Labute approximate surface area is 163 Å². The number of aromatic nitrogens is 3. The summed E-state index contributed by atoms with van der Waals surface area (Å²) in [6.45, 7) is 0.249. The number of thioether (sulfide) groups is 1. The van der Waals surface area contributed by atoms with E-state index in [0.717, 1.165) is 15.4 Å². The number of carbonyl (C=O) groups excluding carboxylic acids is 1. The number of hydrogen-bond donors (Lipinski definition) is 1. The van der Waals surface area contributed by atoms with Gasteiger partial charge in [-0.05, 0) is 42.0 Å². The Kier molecular flexibility index (Phi) is 6.05. The molecule has 134 valence electrons. The fraction of sp³-hybridized carbons (Fsp3) is 0.167. The number of carbonyl (C=O) groups is 1. The van der Waals surface area contributed by atoms with E-state index in [4.69, 9.17) is 0 Å². The van der Waals surface area contributed by atoms with Gasteiger partial charge in [0.25, 0.3) is 5.91 Å². The maximum absolute atomic E-state index is 12.9. The minimum Gasteiger partial charge on any atom is -0.345 e. The molecule has 8 heteroatoms. The quantitative estimate of drug-likeness (QED) is 0.596. The van der Waals surface area contributed by atoms with Crippen LogP contribution in [0.1, 0.15) is 21.7 Å². The lowest BCUT2D eigenvalue weighted by Gasteiger charge is -2.06. The molecule has 0 radical (unpaired) electrons. The lowest BCUT2D eigenvalue weighted by molar-refractivity contribution is 0.0949. The second-order valence-corrected chi connectivity index (χ2v) is 7.42. The topological polar surface area (TPSA) is 59.8 Å². The Morgan fingerprint density at radius 3 is 2.54 bits per heavy atom. The van der Waals surface area contributed by atoms with Crippen molar-refractivity contribution in [3.05, 3.63) is 75.8 Å². The first-order chi connectivity index (χ1) is 12.5. The summed E-state index contributed by atoms with van der Waals surface area (Å²) in [7, 11) is 1.86. The maximum Gasteiger partial charge on any atom is 0.251 e. The molecule has 1 heterocycles. The van der Waals surface area contributed by atoms with Crippen molar-refractivity contribution in [2.45, 2.75) is 17.5 Å². The molecule has 0 bridgehead atoms. The molecular weight excluding hydrogens is 419 g/mol. The van der Waals surface area contributed by atoms with Crippen LogP contribution >= 0.6 is 27.7 Å². The molecular formula is C18H16BrFN4OS. The van der Waals surface area contributed by atoms with Gasteiger partial charge in [0.15, 0.2) is 11.0 Å². The van der Waals surface area contributed by atoms with E-state index in [1.165, 1.54) is 29.8 Å². The SMILES string of the molecule is Cn1c(CNC(=O)c2ccc(F)cc2)nnc1SCc1ccc(Br)cc1. The van der Waals surface area contributed by atoms with E-state index in [1.54, 1.807) is 11.8 Å². The monoisotopic (exact) mass is 434 g/mol. The number of nitrogens with zero attached hydrogens (tertiary/aromatic N) is 3. The van der Waals surface area contributed by atoms with Crippen molar-refractivity contribution < 1.29 is 9.18 Å². The molecule has 5 nitrogen and oxygen atoms in total. The number of benzene rings is 2. The zero-order chi connectivity index (χ0) is 18.5. The number of hydrogen-bond acceptors (Lipinski definition) is 4. The van der Waals surface area contributed by atoms with Crippen molar-refractivity contribution in [3.8, 4) is 0 Å². The van der Waals surface area contributed by atoms with Gasteiger partial charge in [-0.1, -0.05) is 39.8 Å². The molecule has 0 aliphatic carbocycles. The lowest BCUT2D eigenvalue weighted by Crippen LogP contribution is -2.24. The Morgan fingerprint density at radius 1 is 1.15 bits per heavy atom. The molecule has 0 fully saturated rings. The molecule has 0 aliphatic rings. The first-order valence-electron chi connectivity index (χ1n) is 7.82. The van der Waals surface area contributed by atoms with Gasteiger partial charge in [0.1, 0.15) is 5.82 Å². The highest BCUT2D eigenvalue weighted by Crippen LogP contribution is 2.22. The van der Waals surface area contributed by atoms with Gasteiger partial charge in [-0.25, -0.2) is 4.39 Å². The van der Waals surface area contributed by atoms with E-state index < -0.39 is 0 Å². The summed E-state index contributed by atoms with van der Waals surface area (Å²) in [4.78, 5) is 12.1. The molecule has 0 spiro atoms. The molecule has 1 N–H and O–H groups in total. The van der Waals surface area contributed by atoms with E-state index in [0.29, 0.717) is 11.4 Å². The summed E-state index contributed by atoms with van der Waals surface area (Å²) in [5.41, 5.74) is 1.59. The van der Waals surface area contributed by atoms with Gasteiger partial charge in [-0.15, -0.1) is 10.2 Å². The van der Waals surface area contributed by atoms with Crippen molar-refractivity contribution >= 4 is 33.6 Å². The van der Waals surface area contributed by atoms with E-state index in [1.807, 2.05) is 23.7 Å². The van der Waals surface area contributed by atoms with Gasteiger partial charge in [0.2, 0.25) is 0 Å². The number of rotatable bonds is 6. The molecule has 3 rings (SSSR count). The first-order valence-corrected chi connectivity index (χ1v) is 9.60. The summed E-state index contributed by atoms with van der Waals surface area (Å²) in [5.74, 6) is 0.777. The van der Waals surface area contributed by atoms with Gasteiger partial charge >= 0.3 is 0 Å². The Morgan fingerprint density at radius 2 is 1.85 bits per heavy atom. The average Bonchev–Trinajstić information content (AvgIpc) is 3.00. The summed E-state index contributed by atoms with van der Waals surface area (Å²) in [6.07, 6.45) is 0. The van der Waals surface area contributed by atoms with Gasteiger partial charge < -0.3 is 9.88 Å². The minimum atomic E-state index is -0.373. The predicted molar refractivity (Wildman–Crippen MR) is 102 cm³/mol. The van der Waals surface area contributed by atoms with Gasteiger partial charge in [-0.3, -0.25) is 4.79 Å². The van der Waals surface area contributed by atoms with Gasteiger partial charge in [0.05, 0.1) is 6.54 Å². The van der Waals surface area contributed by atoms with Crippen LogP contribution in [0, 0.1) is 5.82 Å². The standard InChI is InChI=1S/C18H16BrFN4OS/c1-24-16(10-21-17(25)13-4-8-15(20)9-5-13)22-23-18(24)26-11-12-2-6-14(19)7-3-12/h2-9H,10-11H2,1H3,(H,21,25). The summed E-state index contributed by atoms with van der Waals surface area (Å²) < 4.78 is 15.8. The maximum atomic E-state index is 12.9. The van der Waals surface area contributed by atoms with E-state index in [2.05, 4.69) is 43.6 Å². The third-order valence-corrected chi connectivity index (χ3v) is 5.34. The molecule has 0 atom stereocenters. The number of nitrogens with one attached hydrogen (secondary N) is 1. The normalized spacial score (nSPS) is 10.7. The summed E-state index contributed by atoms with van der Waals surface area (Å²) >= 11 is 5.00. The highest BCUT2D eigenvalue weighted by Gasteiger charge is 2.12. The second-order valence-electron chi connectivity index (χ2n) is 5.56. The van der Waals surface area contributed by atoms with Crippen LogP contribution in [0.15, 0.2) is 58.2 Å². The van der Waals surface area contributed by atoms with Crippen molar-refractivity contribution in [1.29, 1.82) is 0 Å². The third-order valence-electron chi connectivity index (χ3n) is 3.72. The molecule has 0 aliphatic heterocycles. The molecule has 0 saturated carbocycles. The van der Waals surface area contributed by atoms with Crippen molar-refractivity contribution in [2.24, 2.45) is 7.05 Å². The Balaban J connectivity index is 1.57. The number of amides is 1. The summed E-state index contributed by atoms with van der Waals surface area (Å²) in [5, 5.41) is 11.9. The third kappa shape index (κ3) is 4.70. The summed E-state index contributed by atoms with van der Waals surface area (Å²) in [6, 6.07) is 13.5. The van der Waals surface area contributed by atoms with Crippen LogP contribution in [0.3, 0.4) is 0 Å². The molecule has 2 aromatic carbocycles. The van der Waals surface area contributed by atoms with Crippen LogP contribution in [-0.4, -0.2) is 20.7 Å². The molecule has 0 unspecified atom stereocenters. The van der Waals surface area contributed by atoms with Gasteiger partial charge in [-0.2, -0.15) is 0 Å². The van der Waals surface area contributed by atoms with E-state index in [-0.39, 0.29) is 18.3 Å². The largest absolute Gasteiger partial charge is 0.345 e. The van der Waals surface area contributed by atoms with Crippen molar-refractivity contribution in [1.82, 2.24) is 20.1 Å². The van der Waals surface area contributed by atoms with Crippen LogP contribution in [-0.2, 0) is 19.3 Å².